The molecule has 0 saturated heterocycles. The van der Waals surface area contributed by atoms with E-state index >= 15 is 0 Å². The smallest absolute Gasteiger partial charge is 0.335 e. The highest BCUT2D eigenvalue weighted by Crippen LogP contribution is 2.21. The molecule has 0 heterocycles. The minimum atomic E-state index is -1.21. The number of benzene rings is 1. The van der Waals surface area contributed by atoms with Crippen LogP contribution < -0.4 is 5.32 Å². The Labute approximate surface area is 105 Å². The summed E-state index contributed by atoms with van der Waals surface area (Å²) in [6, 6.07) is 3.38. The van der Waals surface area contributed by atoms with Gasteiger partial charge in [-0.15, -0.1) is 0 Å². The highest BCUT2D eigenvalue weighted by atomic mass is 19.1. The number of halogens is 1. The lowest BCUT2D eigenvalue weighted by atomic mass is 9.92. The van der Waals surface area contributed by atoms with Crippen LogP contribution in [-0.4, -0.2) is 17.0 Å². The molecule has 0 bridgehead atoms. The largest absolute Gasteiger partial charge is 0.478 e. The van der Waals surface area contributed by atoms with Gasteiger partial charge in [-0.2, -0.15) is 0 Å². The van der Waals surface area contributed by atoms with E-state index in [1.165, 1.54) is 12.1 Å². The number of hydrogen-bond acceptors (Lipinski definition) is 2. The standard InChI is InChI=1S/C13H16FNO3/c1-13(2,3)7-11(16)15-10-5-4-8(12(17)18)6-9(10)14/h4-6H,7H2,1-3H3,(H,15,16)(H,17,18). The number of carboxylic acids is 1. The van der Waals surface area contributed by atoms with Crippen LogP contribution in [0.15, 0.2) is 18.2 Å². The van der Waals surface area contributed by atoms with Gasteiger partial charge in [-0.3, -0.25) is 4.79 Å². The van der Waals surface area contributed by atoms with Crippen LogP contribution >= 0.6 is 0 Å². The van der Waals surface area contributed by atoms with Crippen LogP contribution in [0.1, 0.15) is 37.6 Å². The van der Waals surface area contributed by atoms with Crippen molar-refractivity contribution >= 4 is 17.6 Å². The van der Waals surface area contributed by atoms with Gasteiger partial charge in [0.1, 0.15) is 5.82 Å². The number of carbonyl (C=O) groups is 2. The van der Waals surface area contributed by atoms with Gasteiger partial charge in [0.05, 0.1) is 11.3 Å². The zero-order valence-corrected chi connectivity index (χ0v) is 10.6. The lowest BCUT2D eigenvalue weighted by Crippen LogP contribution is -2.20. The van der Waals surface area contributed by atoms with Crippen molar-refractivity contribution in [3.63, 3.8) is 0 Å². The van der Waals surface area contributed by atoms with E-state index in [0.29, 0.717) is 0 Å². The lowest BCUT2D eigenvalue weighted by Gasteiger charge is -2.17. The molecular formula is C13H16FNO3. The molecule has 4 nitrogen and oxygen atoms in total. The summed E-state index contributed by atoms with van der Waals surface area (Å²) in [5.74, 6) is -2.26. The van der Waals surface area contributed by atoms with E-state index in [9.17, 15) is 14.0 Å². The van der Waals surface area contributed by atoms with Crippen LogP contribution in [-0.2, 0) is 4.79 Å². The topological polar surface area (TPSA) is 66.4 Å². The summed E-state index contributed by atoms with van der Waals surface area (Å²) >= 11 is 0. The fourth-order valence-electron chi connectivity index (χ4n) is 1.43. The first-order chi connectivity index (χ1) is 8.19. The molecule has 0 aliphatic heterocycles. The van der Waals surface area contributed by atoms with Crippen molar-refractivity contribution in [2.24, 2.45) is 5.41 Å². The van der Waals surface area contributed by atoms with Crippen LogP contribution in [0, 0.1) is 11.2 Å². The summed E-state index contributed by atoms with van der Waals surface area (Å²) in [6.45, 7) is 5.70. The molecule has 0 aliphatic carbocycles. The van der Waals surface area contributed by atoms with Gasteiger partial charge in [-0.05, 0) is 23.6 Å². The van der Waals surface area contributed by atoms with E-state index in [0.717, 1.165) is 6.07 Å². The average molecular weight is 253 g/mol. The van der Waals surface area contributed by atoms with Crippen LogP contribution in [0.4, 0.5) is 10.1 Å². The predicted octanol–water partition coefficient (Wildman–Crippen LogP) is 2.90. The Morgan fingerprint density at radius 3 is 2.39 bits per heavy atom. The number of amides is 1. The maximum atomic E-state index is 13.5. The van der Waals surface area contributed by atoms with Crippen LogP contribution in [0.5, 0.6) is 0 Å². The molecule has 0 aliphatic rings. The maximum Gasteiger partial charge on any atom is 0.335 e. The number of anilines is 1. The summed E-state index contributed by atoms with van der Waals surface area (Å²) < 4.78 is 13.5. The molecule has 5 heteroatoms. The van der Waals surface area contributed by atoms with E-state index in [-0.39, 0.29) is 29.0 Å². The third kappa shape index (κ3) is 4.16. The zero-order chi connectivity index (χ0) is 13.9. The Hall–Kier alpha value is -1.91. The number of hydrogen-bond donors (Lipinski definition) is 2. The third-order valence-corrected chi connectivity index (χ3v) is 2.18. The van der Waals surface area contributed by atoms with Gasteiger partial charge >= 0.3 is 5.97 Å². The molecular weight excluding hydrogens is 237 g/mol. The summed E-state index contributed by atoms with van der Waals surface area (Å²) in [4.78, 5) is 22.2. The molecule has 18 heavy (non-hydrogen) atoms. The number of aromatic carboxylic acids is 1. The van der Waals surface area contributed by atoms with E-state index < -0.39 is 11.8 Å². The van der Waals surface area contributed by atoms with Crippen molar-refractivity contribution < 1.29 is 19.1 Å². The normalized spacial score (nSPS) is 11.1. The second kappa shape index (κ2) is 5.16. The zero-order valence-electron chi connectivity index (χ0n) is 10.6. The number of carboxylic acid groups (broad SMARTS) is 1. The van der Waals surface area contributed by atoms with Gasteiger partial charge in [-0.1, -0.05) is 20.8 Å². The third-order valence-electron chi connectivity index (χ3n) is 2.18. The molecule has 1 amide bonds. The van der Waals surface area contributed by atoms with Crippen LogP contribution in [0.3, 0.4) is 0 Å². The van der Waals surface area contributed by atoms with Crippen molar-refractivity contribution in [2.75, 3.05) is 5.32 Å². The Kier molecular flexibility index (Phi) is 4.06. The van der Waals surface area contributed by atoms with Crippen molar-refractivity contribution in [3.05, 3.63) is 29.6 Å². The quantitative estimate of drug-likeness (QED) is 0.870. The molecule has 0 saturated carbocycles. The van der Waals surface area contributed by atoms with Gasteiger partial charge in [0.25, 0.3) is 0 Å². The first-order valence-electron chi connectivity index (χ1n) is 5.52. The Morgan fingerprint density at radius 1 is 1.33 bits per heavy atom. The number of carbonyl (C=O) groups excluding carboxylic acids is 1. The summed E-state index contributed by atoms with van der Waals surface area (Å²) in [6.07, 6.45) is 0.257. The molecule has 1 rings (SSSR count). The summed E-state index contributed by atoms with van der Waals surface area (Å²) in [5, 5.41) is 11.1. The van der Waals surface area contributed by atoms with Gasteiger partial charge in [0.2, 0.25) is 5.91 Å². The fraction of sp³-hybridized carbons (Fsp3) is 0.385. The van der Waals surface area contributed by atoms with E-state index in [2.05, 4.69) is 5.32 Å². The van der Waals surface area contributed by atoms with Gasteiger partial charge in [-0.25, -0.2) is 9.18 Å². The minimum Gasteiger partial charge on any atom is -0.478 e. The molecule has 2 N–H and O–H groups in total. The molecule has 98 valence electrons. The minimum absolute atomic E-state index is 0.00532. The van der Waals surface area contributed by atoms with Gasteiger partial charge in [0, 0.05) is 6.42 Å². The average Bonchev–Trinajstić information content (AvgIpc) is 2.17. The maximum absolute atomic E-state index is 13.5. The summed E-state index contributed by atoms with van der Waals surface area (Å²) in [5.41, 5.74) is -0.350. The van der Waals surface area contributed by atoms with Crippen molar-refractivity contribution in [2.45, 2.75) is 27.2 Å². The number of rotatable bonds is 3. The molecule has 1 aromatic carbocycles. The van der Waals surface area contributed by atoms with Crippen molar-refractivity contribution in [1.82, 2.24) is 0 Å². The monoisotopic (exact) mass is 253 g/mol. The predicted molar refractivity (Wildman–Crippen MR) is 66.1 cm³/mol. The molecule has 0 radical (unpaired) electrons. The Bertz CT molecular complexity index is 478. The first-order valence-corrected chi connectivity index (χ1v) is 5.52. The second-order valence-electron chi connectivity index (χ2n) is 5.29. The van der Waals surface area contributed by atoms with Crippen molar-refractivity contribution in [1.29, 1.82) is 0 Å². The van der Waals surface area contributed by atoms with E-state index in [1.807, 2.05) is 20.8 Å². The van der Waals surface area contributed by atoms with E-state index in [1.54, 1.807) is 0 Å². The van der Waals surface area contributed by atoms with Crippen molar-refractivity contribution in [3.8, 4) is 0 Å². The second-order valence-corrected chi connectivity index (χ2v) is 5.29. The lowest BCUT2D eigenvalue weighted by molar-refractivity contribution is -0.117. The Morgan fingerprint density at radius 2 is 1.94 bits per heavy atom. The van der Waals surface area contributed by atoms with Gasteiger partial charge < -0.3 is 10.4 Å². The highest BCUT2D eigenvalue weighted by molar-refractivity contribution is 5.92. The van der Waals surface area contributed by atoms with Crippen LogP contribution in [0.2, 0.25) is 0 Å². The number of nitrogens with one attached hydrogen (secondary N) is 1. The molecule has 0 atom stereocenters. The van der Waals surface area contributed by atoms with Gasteiger partial charge in [0.15, 0.2) is 0 Å². The Balaban J connectivity index is 2.80. The molecule has 1 aromatic rings. The SMILES string of the molecule is CC(C)(C)CC(=O)Nc1ccc(C(=O)O)cc1F. The highest BCUT2D eigenvalue weighted by Gasteiger charge is 2.17. The molecule has 0 aromatic heterocycles. The molecule has 0 unspecified atom stereocenters. The molecule has 0 fully saturated rings. The fourth-order valence-corrected chi connectivity index (χ4v) is 1.43. The van der Waals surface area contributed by atoms with Crippen LogP contribution in [0.25, 0.3) is 0 Å². The van der Waals surface area contributed by atoms with E-state index in [4.69, 9.17) is 5.11 Å². The first kappa shape index (κ1) is 14.2. The summed E-state index contributed by atoms with van der Waals surface area (Å²) in [7, 11) is 0. The molecule has 0 spiro atoms.